The number of nitrogens with zero attached hydrogens (tertiary/aromatic N) is 1. The summed E-state index contributed by atoms with van der Waals surface area (Å²) < 4.78 is 19.1. The van der Waals surface area contributed by atoms with Crippen molar-refractivity contribution in [1.82, 2.24) is 4.90 Å². The molecule has 86 valence electrons. The van der Waals surface area contributed by atoms with Crippen LogP contribution in [-0.2, 0) is 11.3 Å². The van der Waals surface area contributed by atoms with E-state index in [1.807, 2.05) is 0 Å². The van der Waals surface area contributed by atoms with Gasteiger partial charge in [0.25, 0.3) is 0 Å². The van der Waals surface area contributed by atoms with E-state index in [-0.39, 0.29) is 62.9 Å². The van der Waals surface area contributed by atoms with Crippen molar-refractivity contribution in [2.24, 2.45) is 0 Å². The molecule has 2 unspecified atom stereocenters. The molecule has 0 saturated carbocycles. The van der Waals surface area contributed by atoms with Crippen LogP contribution in [0.5, 0.6) is 0 Å². The predicted octanol–water partition coefficient (Wildman–Crippen LogP) is -0.513. The zero-order valence-corrected chi connectivity index (χ0v) is 13.1. The minimum Gasteiger partial charge on any atom is -0.699 e. The second kappa shape index (κ2) is 5.65. The predicted molar refractivity (Wildman–Crippen MR) is 58.9 cm³/mol. The second-order valence-corrected chi connectivity index (χ2v) is 4.58. The number of ether oxygens (including phenoxy) is 1. The maximum absolute atomic E-state index is 13.6. The molecule has 0 radical (unpaired) electrons. The quantitative estimate of drug-likeness (QED) is 0.671. The Morgan fingerprint density at radius 2 is 2.29 bits per heavy atom. The van der Waals surface area contributed by atoms with Gasteiger partial charge >= 0.3 is 51.4 Å². The molecule has 2 fully saturated rings. The maximum atomic E-state index is 13.6. The Hall–Kier alpha value is 0.506. The van der Waals surface area contributed by atoms with E-state index >= 15 is 0 Å². The van der Waals surface area contributed by atoms with E-state index in [4.69, 9.17) is 10.5 Å². The second-order valence-electron chi connectivity index (χ2n) is 4.58. The van der Waals surface area contributed by atoms with Crippen LogP contribution < -0.4 is 51.4 Å². The standard InChI is InChI=1S/C12H14FN2O.K/c13-12-3-9(14)2-1-8(12)5-15-6-11-4-10(15)7-16-11;/h1-3,10-11,14H,4-7H2;/q-1;+1. The number of hydrogen-bond donors (Lipinski definition) is 0. The van der Waals surface area contributed by atoms with Crippen molar-refractivity contribution in [3.05, 3.63) is 35.3 Å². The minimum atomic E-state index is -0.267. The van der Waals surface area contributed by atoms with Crippen molar-refractivity contribution in [3.8, 4) is 0 Å². The van der Waals surface area contributed by atoms with Gasteiger partial charge in [-0.1, -0.05) is 12.1 Å². The normalized spacial score (nSPS) is 27.1. The van der Waals surface area contributed by atoms with Crippen LogP contribution >= 0.6 is 0 Å². The molecular weight excluding hydrogens is 246 g/mol. The molecule has 1 aromatic carbocycles. The molecule has 0 aromatic heterocycles. The monoisotopic (exact) mass is 260 g/mol. The third kappa shape index (κ3) is 2.92. The first-order chi connectivity index (χ1) is 7.72. The first-order valence-electron chi connectivity index (χ1n) is 5.58. The molecule has 0 aliphatic carbocycles. The molecule has 5 heteroatoms. The van der Waals surface area contributed by atoms with E-state index in [1.54, 1.807) is 12.1 Å². The number of fused-ring (bicyclic) bond motifs is 2. The van der Waals surface area contributed by atoms with Crippen molar-refractivity contribution in [2.45, 2.75) is 25.1 Å². The number of rotatable bonds is 2. The fourth-order valence-electron chi connectivity index (χ4n) is 2.57. The van der Waals surface area contributed by atoms with Gasteiger partial charge in [0.15, 0.2) is 0 Å². The van der Waals surface area contributed by atoms with Gasteiger partial charge in [-0.3, -0.25) is 4.90 Å². The molecule has 17 heavy (non-hydrogen) atoms. The average molecular weight is 260 g/mol. The Kier molecular flexibility index (Phi) is 4.63. The maximum Gasteiger partial charge on any atom is 1.00 e. The molecule has 2 bridgehead atoms. The third-order valence-electron chi connectivity index (χ3n) is 3.44. The van der Waals surface area contributed by atoms with E-state index in [0.29, 0.717) is 24.3 Å². The summed E-state index contributed by atoms with van der Waals surface area (Å²) in [5.41, 5.74) is 8.24. The van der Waals surface area contributed by atoms with Crippen molar-refractivity contribution >= 4 is 5.69 Å². The summed E-state index contributed by atoms with van der Waals surface area (Å²) in [4.78, 5) is 2.27. The van der Waals surface area contributed by atoms with Crippen LogP contribution in [0.4, 0.5) is 10.1 Å². The van der Waals surface area contributed by atoms with E-state index in [9.17, 15) is 4.39 Å². The van der Waals surface area contributed by atoms with Crippen LogP contribution in [-0.4, -0.2) is 30.2 Å². The first-order valence-corrected chi connectivity index (χ1v) is 5.58. The number of nitrogens with one attached hydrogen (secondary N) is 1. The summed E-state index contributed by atoms with van der Waals surface area (Å²) >= 11 is 0. The Bertz CT molecular complexity index is 415. The molecule has 2 aliphatic heterocycles. The van der Waals surface area contributed by atoms with Gasteiger partial charge in [-0.05, 0) is 12.5 Å². The van der Waals surface area contributed by atoms with E-state index in [2.05, 4.69) is 4.90 Å². The molecule has 2 atom stereocenters. The van der Waals surface area contributed by atoms with Crippen LogP contribution in [0.2, 0.25) is 0 Å². The van der Waals surface area contributed by atoms with Crippen LogP contribution in [0.3, 0.4) is 0 Å². The smallest absolute Gasteiger partial charge is 0.699 e. The largest absolute Gasteiger partial charge is 1.00 e. The van der Waals surface area contributed by atoms with Gasteiger partial charge in [0.05, 0.1) is 12.7 Å². The van der Waals surface area contributed by atoms with E-state index in [0.717, 1.165) is 19.6 Å². The van der Waals surface area contributed by atoms with Gasteiger partial charge in [0.1, 0.15) is 5.82 Å². The topological polar surface area (TPSA) is 36.3 Å². The van der Waals surface area contributed by atoms with Crippen molar-refractivity contribution in [1.29, 1.82) is 0 Å². The van der Waals surface area contributed by atoms with Crippen LogP contribution in [0.1, 0.15) is 12.0 Å². The average Bonchev–Trinajstić information content (AvgIpc) is 2.84. The Morgan fingerprint density at radius 3 is 2.88 bits per heavy atom. The van der Waals surface area contributed by atoms with Crippen molar-refractivity contribution < 1.29 is 60.5 Å². The van der Waals surface area contributed by atoms with Gasteiger partial charge in [0.2, 0.25) is 0 Å². The van der Waals surface area contributed by atoms with Gasteiger partial charge < -0.3 is 10.5 Å². The van der Waals surface area contributed by atoms with Gasteiger partial charge in [-0.2, -0.15) is 0 Å². The molecule has 3 nitrogen and oxygen atoms in total. The molecule has 3 rings (SSSR count). The van der Waals surface area contributed by atoms with Gasteiger partial charge in [-0.25, -0.2) is 4.39 Å². The summed E-state index contributed by atoms with van der Waals surface area (Å²) in [6.07, 6.45) is 1.43. The Labute approximate surface area is 143 Å². The van der Waals surface area contributed by atoms with Gasteiger partial charge in [0, 0.05) is 24.7 Å². The molecule has 1 aromatic rings. The van der Waals surface area contributed by atoms with Gasteiger partial charge in [-0.15, -0.1) is 5.69 Å². The number of likely N-dealkylation sites (tertiary alicyclic amines) is 1. The summed E-state index contributed by atoms with van der Waals surface area (Å²) in [5.74, 6) is -0.267. The Morgan fingerprint density at radius 1 is 1.47 bits per heavy atom. The summed E-state index contributed by atoms with van der Waals surface area (Å²) in [7, 11) is 0. The number of halogens is 1. The zero-order valence-electron chi connectivity index (χ0n) is 9.95. The molecule has 2 aliphatic rings. The van der Waals surface area contributed by atoms with Crippen LogP contribution in [0.15, 0.2) is 18.2 Å². The van der Waals surface area contributed by atoms with E-state index in [1.165, 1.54) is 6.07 Å². The van der Waals surface area contributed by atoms with Crippen molar-refractivity contribution in [2.75, 3.05) is 13.2 Å². The summed E-state index contributed by atoms with van der Waals surface area (Å²) in [6, 6.07) is 5.09. The number of benzene rings is 1. The summed E-state index contributed by atoms with van der Waals surface area (Å²) in [6.45, 7) is 2.33. The molecule has 2 heterocycles. The molecule has 0 spiro atoms. The molecular formula is C12H14FKN2O. The molecule has 1 N–H and O–H groups in total. The fourth-order valence-corrected chi connectivity index (χ4v) is 2.57. The number of morpholine rings is 1. The zero-order chi connectivity index (χ0) is 11.1. The summed E-state index contributed by atoms with van der Waals surface area (Å²) in [5, 5.41) is 0. The SMILES string of the molecule is [K+].[NH-]c1ccc(CN2CC3CC2CO3)c(F)c1. The number of hydrogen-bond acceptors (Lipinski definition) is 2. The fraction of sp³-hybridized carbons (Fsp3) is 0.500. The molecule has 2 saturated heterocycles. The van der Waals surface area contributed by atoms with Crippen molar-refractivity contribution in [3.63, 3.8) is 0 Å². The van der Waals surface area contributed by atoms with Crippen LogP contribution in [0, 0.1) is 5.82 Å². The van der Waals surface area contributed by atoms with Crippen LogP contribution in [0.25, 0.3) is 5.73 Å². The molecule has 0 amide bonds. The first kappa shape index (κ1) is 13.9. The third-order valence-corrected chi connectivity index (χ3v) is 3.44. The van der Waals surface area contributed by atoms with E-state index < -0.39 is 0 Å². The minimum absolute atomic E-state index is 0. The Balaban J connectivity index is 0.00000108.